The Morgan fingerprint density at radius 2 is 1.74 bits per heavy atom. The fourth-order valence-corrected chi connectivity index (χ4v) is 3.03. The van der Waals surface area contributed by atoms with E-state index in [2.05, 4.69) is 6.92 Å². The minimum Gasteiger partial charge on any atom is -0.507 e. The molecule has 0 bridgehead atoms. The Kier molecular flexibility index (Phi) is 4.47. The summed E-state index contributed by atoms with van der Waals surface area (Å²) in [6.07, 6.45) is 2.81. The van der Waals surface area contributed by atoms with Crippen molar-refractivity contribution < 1.29 is 9.52 Å². The van der Waals surface area contributed by atoms with Gasteiger partial charge in [0.15, 0.2) is 0 Å². The second-order valence-corrected chi connectivity index (χ2v) is 5.75. The second-order valence-electron chi connectivity index (χ2n) is 5.75. The Hall–Kier alpha value is -2.55. The molecule has 0 fully saturated rings. The number of para-hydroxylation sites is 1. The van der Waals surface area contributed by atoms with Gasteiger partial charge in [-0.05, 0) is 24.1 Å². The Labute approximate surface area is 135 Å². The summed E-state index contributed by atoms with van der Waals surface area (Å²) in [4.78, 5) is 12.5. The monoisotopic (exact) mass is 308 g/mol. The van der Waals surface area contributed by atoms with Crippen LogP contribution < -0.4 is 5.63 Å². The molecule has 3 nitrogen and oxygen atoms in total. The molecule has 2 aromatic carbocycles. The third-order valence-corrected chi connectivity index (χ3v) is 4.22. The summed E-state index contributed by atoms with van der Waals surface area (Å²) >= 11 is 0. The minimum absolute atomic E-state index is 0.0433. The maximum atomic E-state index is 12.5. The van der Waals surface area contributed by atoms with Crippen LogP contribution in [0.25, 0.3) is 11.0 Å². The van der Waals surface area contributed by atoms with Crippen LogP contribution in [0.15, 0.2) is 63.8 Å². The predicted molar refractivity (Wildman–Crippen MR) is 92.0 cm³/mol. The van der Waals surface area contributed by atoms with Gasteiger partial charge in [-0.15, -0.1) is 0 Å². The topological polar surface area (TPSA) is 50.4 Å². The molecule has 0 spiro atoms. The molecule has 23 heavy (non-hydrogen) atoms. The Morgan fingerprint density at radius 3 is 2.48 bits per heavy atom. The van der Waals surface area contributed by atoms with E-state index >= 15 is 0 Å². The van der Waals surface area contributed by atoms with Crippen LogP contribution in [0, 0.1) is 0 Å². The average molecular weight is 308 g/mol. The first-order valence-corrected chi connectivity index (χ1v) is 8.02. The van der Waals surface area contributed by atoms with Gasteiger partial charge in [0, 0.05) is 5.92 Å². The van der Waals surface area contributed by atoms with Crippen molar-refractivity contribution in [2.24, 2.45) is 0 Å². The van der Waals surface area contributed by atoms with Crippen molar-refractivity contribution in [2.45, 2.75) is 32.1 Å². The summed E-state index contributed by atoms with van der Waals surface area (Å²) in [5, 5.41) is 11.3. The molecule has 0 aliphatic carbocycles. The molecule has 1 atom stereocenters. The van der Waals surface area contributed by atoms with Gasteiger partial charge in [0.25, 0.3) is 0 Å². The summed E-state index contributed by atoms with van der Waals surface area (Å²) in [5.74, 6) is -0.112. The molecule has 1 unspecified atom stereocenters. The zero-order valence-corrected chi connectivity index (χ0v) is 13.2. The lowest BCUT2D eigenvalue weighted by molar-refractivity contribution is 0.447. The van der Waals surface area contributed by atoms with Gasteiger partial charge in [-0.25, -0.2) is 4.79 Å². The van der Waals surface area contributed by atoms with E-state index in [0.29, 0.717) is 16.5 Å². The molecule has 0 aliphatic rings. The fourth-order valence-electron chi connectivity index (χ4n) is 3.03. The van der Waals surface area contributed by atoms with Crippen LogP contribution in [-0.4, -0.2) is 5.11 Å². The molecule has 1 N–H and O–H groups in total. The lowest BCUT2D eigenvalue weighted by atomic mass is 9.87. The van der Waals surface area contributed by atoms with Crippen LogP contribution in [0.2, 0.25) is 0 Å². The van der Waals surface area contributed by atoms with Gasteiger partial charge in [0.05, 0.1) is 10.9 Å². The summed E-state index contributed by atoms with van der Waals surface area (Å²) in [5.41, 5.74) is 1.36. The normalized spacial score (nSPS) is 12.4. The van der Waals surface area contributed by atoms with Crippen LogP contribution in [-0.2, 0) is 0 Å². The third kappa shape index (κ3) is 3.00. The molecule has 0 saturated carbocycles. The zero-order chi connectivity index (χ0) is 16.2. The van der Waals surface area contributed by atoms with E-state index in [4.69, 9.17) is 4.42 Å². The van der Waals surface area contributed by atoms with E-state index in [1.807, 2.05) is 36.4 Å². The highest BCUT2D eigenvalue weighted by atomic mass is 16.4. The molecular formula is C20H20O3. The largest absolute Gasteiger partial charge is 0.507 e. The molecular weight excluding hydrogens is 288 g/mol. The van der Waals surface area contributed by atoms with Crippen molar-refractivity contribution in [3.8, 4) is 5.75 Å². The Balaban J connectivity index is 2.19. The maximum absolute atomic E-state index is 12.5. The number of unbranched alkanes of at least 4 members (excludes halogenated alkanes) is 1. The van der Waals surface area contributed by atoms with Crippen molar-refractivity contribution in [1.82, 2.24) is 0 Å². The fraction of sp³-hybridized carbons (Fsp3) is 0.250. The number of hydrogen-bond acceptors (Lipinski definition) is 3. The van der Waals surface area contributed by atoms with Crippen LogP contribution in [0.3, 0.4) is 0 Å². The summed E-state index contributed by atoms with van der Waals surface area (Å²) < 4.78 is 5.44. The van der Waals surface area contributed by atoms with Gasteiger partial charge in [-0.2, -0.15) is 0 Å². The number of fused-ring (bicyclic) bond motifs is 1. The van der Waals surface area contributed by atoms with Crippen LogP contribution >= 0.6 is 0 Å². The quantitative estimate of drug-likeness (QED) is 0.687. The Bertz CT molecular complexity index is 850. The molecule has 3 rings (SSSR count). The van der Waals surface area contributed by atoms with E-state index in [1.54, 1.807) is 18.2 Å². The van der Waals surface area contributed by atoms with Crippen LogP contribution in [0.4, 0.5) is 0 Å². The smallest absolute Gasteiger partial charge is 0.343 e. The molecule has 0 aliphatic heterocycles. The molecule has 3 heteroatoms. The Morgan fingerprint density at radius 1 is 1.04 bits per heavy atom. The van der Waals surface area contributed by atoms with Crippen molar-refractivity contribution in [3.63, 3.8) is 0 Å². The highest BCUT2D eigenvalue weighted by molar-refractivity contribution is 5.84. The molecule has 0 radical (unpaired) electrons. The highest BCUT2D eigenvalue weighted by Crippen LogP contribution is 2.36. The van der Waals surface area contributed by atoms with E-state index in [0.717, 1.165) is 24.8 Å². The van der Waals surface area contributed by atoms with Gasteiger partial charge >= 0.3 is 5.63 Å². The molecule has 1 heterocycles. The SMILES string of the molecule is CCCCC(c1ccccc1)c1c(O)c2ccccc2oc1=O. The van der Waals surface area contributed by atoms with Crippen molar-refractivity contribution in [2.75, 3.05) is 0 Å². The lowest BCUT2D eigenvalue weighted by Gasteiger charge is -2.18. The van der Waals surface area contributed by atoms with Crippen molar-refractivity contribution >= 4 is 11.0 Å². The van der Waals surface area contributed by atoms with Gasteiger partial charge in [-0.3, -0.25) is 0 Å². The van der Waals surface area contributed by atoms with Crippen molar-refractivity contribution in [1.29, 1.82) is 0 Å². The van der Waals surface area contributed by atoms with Crippen LogP contribution in [0.5, 0.6) is 5.75 Å². The van der Waals surface area contributed by atoms with Gasteiger partial charge < -0.3 is 9.52 Å². The molecule has 0 amide bonds. The number of benzene rings is 2. The number of rotatable bonds is 5. The molecule has 0 saturated heterocycles. The standard InChI is InChI=1S/C20H20O3/c1-2-3-11-15(14-9-5-4-6-10-14)18-19(21)16-12-7-8-13-17(16)23-20(18)22/h4-10,12-13,15,21H,2-3,11H2,1H3. The first kappa shape index (κ1) is 15.3. The van der Waals surface area contributed by atoms with Crippen LogP contribution in [0.1, 0.15) is 43.2 Å². The number of hydrogen-bond donors (Lipinski definition) is 1. The highest BCUT2D eigenvalue weighted by Gasteiger charge is 2.24. The lowest BCUT2D eigenvalue weighted by Crippen LogP contribution is -2.14. The zero-order valence-electron chi connectivity index (χ0n) is 13.2. The third-order valence-electron chi connectivity index (χ3n) is 4.22. The summed E-state index contributed by atoms with van der Waals surface area (Å²) in [7, 11) is 0. The van der Waals surface area contributed by atoms with Gasteiger partial charge in [0.2, 0.25) is 0 Å². The van der Waals surface area contributed by atoms with E-state index < -0.39 is 5.63 Å². The van der Waals surface area contributed by atoms with E-state index in [1.165, 1.54) is 0 Å². The second kappa shape index (κ2) is 6.69. The first-order valence-electron chi connectivity index (χ1n) is 8.02. The number of aromatic hydroxyl groups is 1. The average Bonchev–Trinajstić information content (AvgIpc) is 2.58. The first-order chi connectivity index (χ1) is 11.2. The van der Waals surface area contributed by atoms with Gasteiger partial charge in [0.1, 0.15) is 11.3 Å². The summed E-state index contributed by atoms with van der Waals surface area (Å²) in [6.45, 7) is 2.12. The molecule has 3 aromatic rings. The minimum atomic E-state index is -0.453. The molecule has 118 valence electrons. The summed E-state index contributed by atoms with van der Waals surface area (Å²) in [6, 6.07) is 16.9. The van der Waals surface area contributed by atoms with Gasteiger partial charge in [-0.1, -0.05) is 62.2 Å². The van der Waals surface area contributed by atoms with E-state index in [-0.39, 0.29) is 11.7 Å². The maximum Gasteiger partial charge on any atom is 0.343 e. The van der Waals surface area contributed by atoms with Crippen molar-refractivity contribution in [3.05, 3.63) is 76.1 Å². The molecule has 1 aromatic heterocycles. The predicted octanol–water partition coefficient (Wildman–Crippen LogP) is 4.82. The van der Waals surface area contributed by atoms with E-state index in [9.17, 15) is 9.90 Å².